The Kier molecular flexibility index (Phi) is 5.47. The first kappa shape index (κ1) is 17.1. The number of nitrogens with one attached hydrogen (secondary N) is 1. The van der Waals surface area contributed by atoms with E-state index < -0.39 is 11.4 Å². The van der Waals surface area contributed by atoms with Gasteiger partial charge in [0.25, 0.3) is 0 Å². The minimum atomic E-state index is -0.609. The average molecular weight is 319 g/mol. The number of hydrogen-bond acceptors (Lipinski definition) is 3. The number of phenolic OH excluding ortho intramolecular Hbond substituents is 1. The summed E-state index contributed by atoms with van der Waals surface area (Å²) in [6, 6.07) is 6.41. The molecule has 1 aromatic carbocycles. The lowest BCUT2D eigenvalue weighted by atomic mass is 9.73. The van der Waals surface area contributed by atoms with Crippen molar-refractivity contribution in [1.29, 1.82) is 0 Å². The molecule has 0 aliphatic carbocycles. The number of carbonyl (C=O) groups is 2. The zero-order valence-electron chi connectivity index (χ0n) is 13.5. The summed E-state index contributed by atoms with van der Waals surface area (Å²) < 4.78 is 0. The van der Waals surface area contributed by atoms with E-state index in [2.05, 4.69) is 5.32 Å². The SMILES string of the molecule is CCC1(c2cccc(O)c2)CCCCN(CCNC(N)=O)C1=O. The van der Waals surface area contributed by atoms with Crippen molar-refractivity contribution < 1.29 is 14.7 Å². The van der Waals surface area contributed by atoms with E-state index in [1.54, 1.807) is 23.1 Å². The van der Waals surface area contributed by atoms with Gasteiger partial charge in [-0.15, -0.1) is 0 Å². The van der Waals surface area contributed by atoms with Crippen LogP contribution >= 0.6 is 0 Å². The van der Waals surface area contributed by atoms with Crippen molar-refractivity contribution in [1.82, 2.24) is 10.2 Å². The largest absolute Gasteiger partial charge is 0.508 e. The lowest BCUT2D eigenvalue weighted by molar-refractivity contribution is -0.137. The third-order valence-corrected chi connectivity index (χ3v) is 4.66. The van der Waals surface area contributed by atoms with Gasteiger partial charge in [0.2, 0.25) is 5.91 Å². The van der Waals surface area contributed by atoms with Gasteiger partial charge in [0.1, 0.15) is 5.75 Å². The minimum absolute atomic E-state index is 0.0642. The Labute approximate surface area is 136 Å². The molecule has 1 unspecified atom stereocenters. The summed E-state index contributed by atoms with van der Waals surface area (Å²) in [5.41, 5.74) is 5.33. The van der Waals surface area contributed by atoms with E-state index >= 15 is 0 Å². The summed E-state index contributed by atoms with van der Waals surface area (Å²) >= 11 is 0. The quantitative estimate of drug-likeness (QED) is 0.771. The third kappa shape index (κ3) is 3.75. The van der Waals surface area contributed by atoms with E-state index in [1.165, 1.54) is 0 Å². The van der Waals surface area contributed by atoms with Crippen molar-refractivity contribution in [3.05, 3.63) is 29.8 Å². The second-order valence-corrected chi connectivity index (χ2v) is 6.03. The number of carbonyl (C=O) groups excluding carboxylic acids is 2. The first-order valence-electron chi connectivity index (χ1n) is 8.12. The molecule has 0 radical (unpaired) electrons. The van der Waals surface area contributed by atoms with E-state index in [-0.39, 0.29) is 11.7 Å². The molecule has 1 aromatic rings. The molecule has 0 aromatic heterocycles. The van der Waals surface area contributed by atoms with Crippen LogP contribution in [0.15, 0.2) is 24.3 Å². The molecule has 1 heterocycles. The van der Waals surface area contributed by atoms with Crippen LogP contribution < -0.4 is 11.1 Å². The fourth-order valence-electron chi connectivity index (χ4n) is 3.37. The zero-order valence-corrected chi connectivity index (χ0v) is 13.5. The van der Waals surface area contributed by atoms with Crippen LogP contribution in [0.25, 0.3) is 0 Å². The van der Waals surface area contributed by atoms with Gasteiger partial charge in [0.05, 0.1) is 5.41 Å². The summed E-state index contributed by atoms with van der Waals surface area (Å²) in [6.45, 7) is 3.48. The van der Waals surface area contributed by atoms with Crippen LogP contribution in [-0.2, 0) is 10.2 Å². The lowest BCUT2D eigenvalue weighted by Crippen LogP contribution is -2.48. The summed E-state index contributed by atoms with van der Waals surface area (Å²) in [6.07, 6.45) is 3.33. The first-order chi connectivity index (χ1) is 11.0. The van der Waals surface area contributed by atoms with Gasteiger partial charge in [-0.3, -0.25) is 4.79 Å². The molecule has 23 heavy (non-hydrogen) atoms. The van der Waals surface area contributed by atoms with Crippen LogP contribution in [0, 0.1) is 0 Å². The monoisotopic (exact) mass is 319 g/mol. The fourth-order valence-corrected chi connectivity index (χ4v) is 3.37. The topological polar surface area (TPSA) is 95.7 Å². The molecule has 126 valence electrons. The lowest BCUT2D eigenvalue weighted by Gasteiger charge is -2.35. The van der Waals surface area contributed by atoms with Crippen molar-refractivity contribution in [3.63, 3.8) is 0 Å². The Morgan fingerprint density at radius 3 is 2.87 bits per heavy atom. The van der Waals surface area contributed by atoms with Gasteiger partial charge >= 0.3 is 6.03 Å². The smallest absolute Gasteiger partial charge is 0.312 e. The number of amides is 3. The predicted molar refractivity (Wildman–Crippen MR) is 88.1 cm³/mol. The number of phenols is 1. The highest BCUT2D eigenvalue weighted by molar-refractivity contribution is 5.88. The number of rotatable bonds is 5. The van der Waals surface area contributed by atoms with E-state index in [9.17, 15) is 14.7 Å². The number of urea groups is 1. The molecule has 1 fully saturated rings. The third-order valence-electron chi connectivity index (χ3n) is 4.66. The number of primary amides is 1. The van der Waals surface area contributed by atoms with Gasteiger partial charge in [0, 0.05) is 19.6 Å². The number of benzene rings is 1. The maximum Gasteiger partial charge on any atom is 0.312 e. The van der Waals surface area contributed by atoms with Crippen molar-refractivity contribution in [3.8, 4) is 5.75 Å². The predicted octanol–water partition coefficient (Wildman–Crippen LogP) is 1.72. The molecule has 1 atom stereocenters. The van der Waals surface area contributed by atoms with Crippen LogP contribution in [0.4, 0.5) is 4.79 Å². The molecule has 1 saturated heterocycles. The van der Waals surface area contributed by atoms with Crippen LogP contribution in [-0.4, -0.2) is 41.6 Å². The number of hydrogen-bond donors (Lipinski definition) is 3. The molecular formula is C17H25N3O3. The fraction of sp³-hybridized carbons (Fsp3) is 0.529. The average Bonchev–Trinajstić information content (AvgIpc) is 2.68. The standard InChI is InChI=1S/C17H25N3O3/c1-2-17(13-6-5-7-14(21)12-13)8-3-4-10-20(15(17)22)11-9-19-16(18)23/h5-7,12,21H,2-4,8-11H2,1H3,(H3,18,19,23). The Balaban J connectivity index is 2.26. The Morgan fingerprint density at radius 2 is 2.22 bits per heavy atom. The molecule has 1 aliphatic heterocycles. The molecular weight excluding hydrogens is 294 g/mol. The van der Waals surface area contributed by atoms with Gasteiger partial charge in [0.15, 0.2) is 0 Å². The summed E-state index contributed by atoms with van der Waals surface area (Å²) in [5.74, 6) is 0.240. The number of aromatic hydroxyl groups is 1. The molecule has 4 N–H and O–H groups in total. The van der Waals surface area contributed by atoms with Gasteiger partial charge in [-0.25, -0.2) is 4.79 Å². The van der Waals surface area contributed by atoms with Gasteiger partial charge in [-0.1, -0.05) is 25.5 Å². The van der Waals surface area contributed by atoms with E-state index in [0.717, 1.165) is 24.8 Å². The van der Waals surface area contributed by atoms with Crippen molar-refractivity contribution >= 4 is 11.9 Å². The Bertz CT molecular complexity index is 576. The van der Waals surface area contributed by atoms with Crippen molar-refractivity contribution in [2.75, 3.05) is 19.6 Å². The highest BCUT2D eigenvalue weighted by Gasteiger charge is 2.42. The van der Waals surface area contributed by atoms with Gasteiger partial charge in [-0.05, 0) is 37.0 Å². The molecule has 0 spiro atoms. The highest BCUT2D eigenvalue weighted by atomic mass is 16.3. The molecule has 0 bridgehead atoms. The van der Waals surface area contributed by atoms with E-state index in [1.807, 2.05) is 13.0 Å². The summed E-state index contributed by atoms with van der Waals surface area (Å²) in [4.78, 5) is 25.8. The van der Waals surface area contributed by atoms with Crippen molar-refractivity contribution in [2.24, 2.45) is 5.73 Å². The number of likely N-dealkylation sites (tertiary alicyclic amines) is 1. The maximum atomic E-state index is 13.2. The number of nitrogens with zero attached hydrogens (tertiary/aromatic N) is 1. The maximum absolute atomic E-state index is 13.2. The van der Waals surface area contributed by atoms with Crippen LogP contribution in [0.3, 0.4) is 0 Å². The number of nitrogens with two attached hydrogens (primary N) is 1. The van der Waals surface area contributed by atoms with Crippen LogP contribution in [0.2, 0.25) is 0 Å². The normalized spacial score (nSPS) is 21.8. The van der Waals surface area contributed by atoms with Gasteiger partial charge < -0.3 is 21.1 Å². The molecule has 2 rings (SSSR count). The van der Waals surface area contributed by atoms with Crippen LogP contribution in [0.5, 0.6) is 5.75 Å². The van der Waals surface area contributed by atoms with E-state index in [0.29, 0.717) is 26.1 Å². The summed E-state index contributed by atoms with van der Waals surface area (Å²) in [5, 5.41) is 12.3. The Morgan fingerprint density at radius 1 is 1.43 bits per heavy atom. The van der Waals surface area contributed by atoms with Crippen LogP contribution in [0.1, 0.15) is 38.2 Å². The van der Waals surface area contributed by atoms with E-state index in [4.69, 9.17) is 5.73 Å². The Hall–Kier alpha value is -2.24. The molecule has 0 saturated carbocycles. The molecule has 3 amide bonds. The first-order valence-corrected chi connectivity index (χ1v) is 8.12. The van der Waals surface area contributed by atoms with Crippen molar-refractivity contribution in [2.45, 2.75) is 38.0 Å². The highest BCUT2D eigenvalue weighted by Crippen LogP contribution is 2.38. The molecule has 6 nitrogen and oxygen atoms in total. The van der Waals surface area contributed by atoms with Gasteiger partial charge in [-0.2, -0.15) is 0 Å². The molecule has 1 aliphatic rings. The molecule has 6 heteroatoms. The second kappa shape index (κ2) is 7.35. The summed E-state index contributed by atoms with van der Waals surface area (Å²) in [7, 11) is 0. The zero-order chi connectivity index (χ0) is 16.9. The second-order valence-electron chi connectivity index (χ2n) is 6.03. The minimum Gasteiger partial charge on any atom is -0.508 e.